The lowest BCUT2D eigenvalue weighted by molar-refractivity contribution is -0.137. The van der Waals surface area contributed by atoms with E-state index in [-0.39, 0.29) is 0 Å². The molecule has 0 amide bonds. The summed E-state index contributed by atoms with van der Waals surface area (Å²) in [6, 6.07) is 3.42. The van der Waals surface area contributed by atoms with Crippen molar-refractivity contribution in [1.82, 2.24) is 4.98 Å². The normalized spacial score (nSPS) is 11.6. The predicted octanol–water partition coefficient (Wildman–Crippen LogP) is 3.34. The first-order valence-corrected chi connectivity index (χ1v) is 5.05. The lowest BCUT2D eigenvalue weighted by Gasteiger charge is -2.08. The molecule has 0 bridgehead atoms. The molecule has 1 aromatic carbocycles. The molecule has 0 unspecified atom stereocenters. The monoisotopic (exact) mass is 275 g/mol. The Labute approximate surface area is 103 Å². The summed E-state index contributed by atoms with van der Waals surface area (Å²) in [7, 11) is 0. The molecule has 7 heteroatoms. The molecule has 0 atom stereocenters. The van der Waals surface area contributed by atoms with Crippen LogP contribution in [-0.2, 0) is 6.18 Å². The van der Waals surface area contributed by atoms with Crippen molar-refractivity contribution in [2.75, 3.05) is 0 Å². The summed E-state index contributed by atoms with van der Waals surface area (Å²) >= 11 is 0. The molecule has 0 aliphatic rings. The van der Waals surface area contributed by atoms with Crippen LogP contribution in [-0.4, -0.2) is 4.98 Å². The second-order valence-corrected chi connectivity index (χ2v) is 3.73. The molecule has 1 heterocycles. The summed E-state index contributed by atoms with van der Waals surface area (Å²) < 4.78 is 64.0. The van der Waals surface area contributed by atoms with Gasteiger partial charge in [-0.15, -0.1) is 0 Å². The zero-order chi connectivity index (χ0) is 14.2. The smallest absolute Gasteiger partial charge is 0.328 e. The number of H-pyrrole nitrogens is 1. The second-order valence-electron chi connectivity index (χ2n) is 3.73. The Bertz CT molecular complexity index is 675. The SMILES string of the molecule is O=c1[nH]cc(C(F)(F)F)cc1-c1cccc(F)c1F. The maximum Gasteiger partial charge on any atom is 0.417 e. The van der Waals surface area contributed by atoms with E-state index in [2.05, 4.69) is 0 Å². The van der Waals surface area contributed by atoms with Crippen molar-refractivity contribution in [3.8, 4) is 11.1 Å². The Morgan fingerprint density at radius 1 is 1.05 bits per heavy atom. The third-order valence-electron chi connectivity index (χ3n) is 2.47. The van der Waals surface area contributed by atoms with Crippen LogP contribution in [0.1, 0.15) is 5.56 Å². The van der Waals surface area contributed by atoms with Crippen molar-refractivity contribution in [2.45, 2.75) is 6.18 Å². The zero-order valence-corrected chi connectivity index (χ0v) is 9.18. The minimum absolute atomic E-state index is 0.475. The lowest BCUT2D eigenvalue weighted by atomic mass is 10.0. The summed E-state index contributed by atoms with van der Waals surface area (Å²) in [5.41, 5.74) is -3.18. The molecule has 0 saturated heterocycles. The topological polar surface area (TPSA) is 32.9 Å². The summed E-state index contributed by atoms with van der Waals surface area (Å²) in [6.07, 6.45) is -4.22. The quantitative estimate of drug-likeness (QED) is 0.795. The fourth-order valence-corrected chi connectivity index (χ4v) is 1.56. The van der Waals surface area contributed by atoms with E-state index in [9.17, 15) is 26.7 Å². The molecule has 2 nitrogen and oxygen atoms in total. The fraction of sp³-hybridized carbons (Fsp3) is 0.0833. The van der Waals surface area contributed by atoms with Crippen LogP contribution in [0.25, 0.3) is 11.1 Å². The van der Waals surface area contributed by atoms with Crippen molar-refractivity contribution in [2.24, 2.45) is 0 Å². The average molecular weight is 275 g/mol. The number of pyridine rings is 1. The number of rotatable bonds is 1. The highest BCUT2D eigenvalue weighted by Crippen LogP contribution is 2.31. The van der Waals surface area contributed by atoms with Crippen LogP contribution in [0.4, 0.5) is 22.0 Å². The summed E-state index contributed by atoms with van der Waals surface area (Å²) in [4.78, 5) is 13.3. The van der Waals surface area contributed by atoms with E-state index < -0.39 is 40.1 Å². The summed E-state index contributed by atoms with van der Waals surface area (Å²) in [6.45, 7) is 0. The average Bonchev–Trinajstić information content (AvgIpc) is 2.32. The molecule has 0 aliphatic carbocycles. The first kappa shape index (κ1) is 13.3. The van der Waals surface area contributed by atoms with Crippen molar-refractivity contribution in [3.63, 3.8) is 0 Å². The van der Waals surface area contributed by atoms with E-state index in [1.165, 1.54) is 0 Å². The van der Waals surface area contributed by atoms with Crippen molar-refractivity contribution >= 4 is 0 Å². The number of halogens is 5. The van der Waals surface area contributed by atoms with Crippen LogP contribution >= 0.6 is 0 Å². The molecule has 0 radical (unpaired) electrons. The van der Waals surface area contributed by atoms with Gasteiger partial charge in [0.25, 0.3) is 5.56 Å². The Hall–Kier alpha value is -2.18. The van der Waals surface area contributed by atoms with Crippen LogP contribution in [0, 0.1) is 11.6 Å². The molecule has 2 rings (SSSR count). The van der Waals surface area contributed by atoms with Crippen molar-refractivity contribution in [3.05, 3.63) is 58.0 Å². The fourth-order valence-electron chi connectivity index (χ4n) is 1.56. The van der Waals surface area contributed by atoms with Gasteiger partial charge in [0, 0.05) is 11.8 Å². The van der Waals surface area contributed by atoms with E-state index in [1.54, 1.807) is 0 Å². The Morgan fingerprint density at radius 3 is 2.37 bits per heavy atom. The van der Waals surface area contributed by atoms with Gasteiger partial charge in [-0.25, -0.2) is 8.78 Å². The minimum atomic E-state index is -4.69. The number of hydrogen-bond acceptors (Lipinski definition) is 1. The van der Waals surface area contributed by atoms with E-state index in [1.807, 2.05) is 4.98 Å². The first-order valence-electron chi connectivity index (χ1n) is 5.05. The zero-order valence-electron chi connectivity index (χ0n) is 9.18. The second kappa shape index (κ2) is 4.49. The molecule has 2 aromatic rings. The van der Waals surface area contributed by atoms with Gasteiger partial charge < -0.3 is 4.98 Å². The third-order valence-corrected chi connectivity index (χ3v) is 2.47. The number of hydrogen-bond donors (Lipinski definition) is 1. The van der Waals surface area contributed by atoms with Gasteiger partial charge in [0.05, 0.1) is 11.1 Å². The molecule has 0 fully saturated rings. The van der Waals surface area contributed by atoms with Crippen molar-refractivity contribution in [1.29, 1.82) is 0 Å². The van der Waals surface area contributed by atoms with Crippen molar-refractivity contribution < 1.29 is 22.0 Å². The van der Waals surface area contributed by atoms with E-state index >= 15 is 0 Å². The van der Waals surface area contributed by atoms with Gasteiger partial charge in [0.2, 0.25) is 0 Å². The van der Waals surface area contributed by atoms with Gasteiger partial charge in [-0.3, -0.25) is 4.79 Å². The van der Waals surface area contributed by atoms with Crippen LogP contribution in [0.3, 0.4) is 0 Å². The molecular formula is C12H6F5NO. The molecule has 1 N–H and O–H groups in total. The van der Waals surface area contributed by atoms with Gasteiger partial charge in [-0.2, -0.15) is 13.2 Å². The largest absolute Gasteiger partial charge is 0.417 e. The molecule has 0 aliphatic heterocycles. The number of nitrogens with one attached hydrogen (secondary N) is 1. The van der Waals surface area contributed by atoms with Crippen LogP contribution in [0.15, 0.2) is 35.3 Å². The standard InChI is InChI=1S/C12H6F5NO/c13-9-3-1-2-7(10(9)14)8-4-6(12(15,16)17)5-18-11(8)19/h1-5H,(H,18,19). The van der Waals surface area contributed by atoms with Crippen LogP contribution < -0.4 is 5.56 Å². The number of aromatic nitrogens is 1. The summed E-state index contributed by atoms with van der Waals surface area (Å²) in [5, 5.41) is 0. The number of benzene rings is 1. The molecule has 19 heavy (non-hydrogen) atoms. The van der Waals surface area contributed by atoms with E-state index in [0.29, 0.717) is 12.3 Å². The van der Waals surface area contributed by atoms with E-state index in [0.717, 1.165) is 18.2 Å². The molecule has 0 saturated carbocycles. The Balaban J connectivity index is 2.69. The lowest BCUT2D eigenvalue weighted by Crippen LogP contribution is -2.14. The maximum absolute atomic E-state index is 13.5. The molecule has 100 valence electrons. The Kier molecular flexibility index (Phi) is 3.13. The van der Waals surface area contributed by atoms with Gasteiger partial charge in [-0.1, -0.05) is 12.1 Å². The highest BCUT2D eigenvalue weighted by Gasteiger charge is 2.31. The van der Waals surface area contributed by atoms with E-state index in [4.69, 9.17) is 0 Å². The van der Waals surface area contributed by atoms with Gasteiger partial charge in [-0.05, 0) is 12.1 Å². The minimum Gasteiger partial charge on any atom is -0.328 e. The summed E-state index contributed by atoms with van der Waals surface area (Å²) in [5.74, 6) is -2.61. The van der Waals surface area contributed by atoms with Crippen LogP contribution in [0.5, 0.6) is 0 Å². The third kappa shape index (κ3) is 2.49. The number of alkyl halides is 3. The first-order chi connectivity index (χ1) is 8.80. The maximum atomic E-state index is 13.5. The van der Waals surface area contributed by atoms with Gasteiger partial charge in [0.1, 0.15) is 0 Å². The Morgan fingerprint density at radius 2 is 1.74 bits per heavy atom. The molecular weight excluding hydrogens is 269 g/mol. The molecule has 0 spiro atoms. The van der Waals surface area contributed by atoms with Gasteiger partial charge in [0.15, 0.2) is 11.6 Å². The van der Waals surface area contributed by atoms with Crippen LogP contribution in [0.2, 0.25) is 0 Å². The van der Waals surface area contributed by atoms with Gasteiger partial charge >= 0.3 is 6.18 Å². The molecule has 1 aromatic heterocycles. The highest BCUT2D eigenvalue weighted by molar-refractivity contribution is 5.63. The highest BCUT2D eigenvalue weighted by atomic mass is 19.4. The number of aromatic amines is 1. The predicted molar refractivity (Wildman–Crippen MR) is 57.4 cm³/mol.